The van der Waals surface area contributed by atoms with Crippen LogP contribution >= 0.6 is 35.3 Å². The van der Waals surface area contributed by atoms with E-state index in [1.165, 1.54) is 4.88 Å². The van der Waals surface area contributed by atoms with E-state index in [4.69, 9.17) is 0 Å². The molecule has 0 saturated carbocycles. The predicted octanol–water partition coefficient (Wildman–Crippen LogP) is 1.70. The first-order chi connectivity index (χ1) is 10.2. The quantitative estimate of drug-likeness (QED) is 0.412. The molecule has 1 saturated heterocycles. The van der Waals surface area contributed by atoms with Gasteiger partial charge in [-0.1, -0.05) is 0 Å². The Balaban J connectivity index is 0.00000264. The van der Waals surface area contributed by atoms with Crippen molar-refractivity contribution in [3.8, 4) is 0 Å². The molecule has 0 unspecified atom stereocenters. The van der Waals surface area contributed by atoms with Crippen LogP contribution in [0.3, 0.4) is 0 Å². The van der Waals surface area contributed by atoms with E-state index in [-0.39, 0.29) is 29.7 Å². The van der Waals surface area contributed by atoms with E-state index in [0.717, 1.165) is 23.9 Å². The Bertz CT molecular complexity index is 655. The topological polar surface area (TPSA) is 74.7 Å². The average molecular weight is 472 g/mol. The molecule has 1 fully saturated rings. The van der Waals surface area contributed by atoms with E-state index in [1.807, 2.05) is 18.0 Å². The third-order valence-corrected chi connectivity index (χ3v) is 7.35. The van der Waals surface area contributed by atoms with Gasteiger partial charge in [-0.25, -0.2) is 13.4 Å². The number of sulfone groups is 1. The highest BCUT2D eigenvalue weighted by Gasteiger charge is 2.40. The molecule has 0 atom stereocenters. The van der Waals surface area contributed by atoms with Crippen LogP contribution in [0, 0.1) is 6.92 Å². The maximum atomic E-state index is 12.1. The van der Waals surface area contributed by atoms with Gasteiger partial charge in [0, 0.05) is 44.2 Å². The van der Waals surface area contributed by atoms with Gasteiger partial charge in [0.05, 0.1) is 15.5 Å². The number of hydrogen-bond donors (Lipinski definition) is 1. The molecule has 0 spiro atoms. The van der Waals surface area contributed by atoms with Gasteiger partial charge in [-0.2, -0.15) is 0 Å². The molecule has 1 aliphatic heterocycles. The van der Waals surface area contributed by atoms with Crippen LogP contribution in [0.25, 0.3) is 0 Å². The van der Waals surface area contributed by atoms with Crippen molar-refractivity contribution in [3.63, 3.8) is 0 Å². The first-order valence-corrected chi connectivity index (χ1v) is 9.81. The molecule has 6 nitrogen and oxygen atoms in total. The van der Waals surface area contributed by atoms with Crippen LogP contribution in [0.1, 0.15) is 23.7 Å². The molecule has 2 heterocycles. The molecule has 0 bridgehead atoms. The van der Waals surface area contributed by atoms with Crippen LogP contribution in [-0.4, -0.2) is 61.4 Å². The number of halogens is 1. The molecule has 1 aromatic heterocycles. The van der Waals surface area contributed by atoms with Crippen molar-refractivity contribution in [1.82, 2.24) is 15.2 Å². The number of aryl methyl sites for hydroxylation is 1. The highest BCUT2D eigenvalue weighted by atomic mass is 127. The number of aliphatic imine (C=N–C) groups is 1. The molecule has 1 N–H and O–H groups in total. The number of rotatable bonds is 3. The van der Waals surface area contributed by atoms with Crippen molar-refractivity contribution >= 4 is 51.1 Å². The molecule has 23 heavy (non-hydrogen) atoms. The highest BCUT2D eigenvalue weighted by Crippen LogP contribution is 2.23. The number of thiazole rings is 1. The SMILES string of the molecule is CN=C(NCCc1ncc(C)s1)N1CCS(=O)(=O)C(C)(C)C1.I. The molecule has 0 amide bonds. The summed E-state index contributed by atoms with van der Waals surface area (Å²) in [6, 6.07) is 0. The Morgan fingerprint density at radius 2 is 2.22 bits per heavy atom. The number of guanidine groups is 1. The van der Waals surface area contributed by atoms with Crippen LogP contribution in [-0.2, 0) is 16.3 Å². The van der Waals surface area contributed by atoms with E-state index in [9.17, 15) is 8.42 Å². The normalized spacial score (nSPS) is 20.0. The highest BCUT2D eigenvalue weighted by molar-refractivity contribution is 14.0. The summed E-state index contributed by atoms with van der Waals surface area (Å²) in [6.07, 6.45) is 2.72. The summed E-state index contributed by atoms with van der Waals surface area (Å²) in [5.41, 5.74) is 0. The molecular weight excluding hydrogens is 447 g/mol. The lowest BCUT2D eigenvalue weighted by molar-refractivity contribution is 0.353. The minimum atomic E-state index is -3.03. The van der Waals surface area contributed by atoms with Crippen LogP contribution in [0.15, 0.2) is 11.2 Å². The Kier molecular flexibility index (Phi) is 7.27. The number of aromatic nitrogens is 1. The monoisotopic (exact) mass is 472 g/mol. The largest absolute Gasteiger partial charge is 0.356 e. The van der Waals surface area contributed by atoms with E-state index in [0.29, 0.717) is 13.1 Å². The van der Waals surface area contributed by atoms with Crippen molar-refractivity contribution < 1.29 is 8.42 Å². The number of hydrogen-bond acceptors (Lipinski definition) is 5. The lowest BCUT2D eigenvalue weighted by Gasteiger charge is -2.39. The van der Waals surface area contributed by atoms with Gasteiger partial charge in [0.2, 0.25) is 0 Å². The van der Waals surface area contributed by atoms with Crippen LogP contribution in [0.2, 0.25) is 0 Å². The zero-order valence-corrected chi connectivity index (χ0v) is 18.0. The summed E-state index contributed by atoms with van der Waals surface area (Å²) >= 11 is 1.70. The lowest BCUT2D eigenvalue weighted by atomic mass is 10.2. The third kappa shape index (κ3) is 5.02. The molecule has 0 aliphatic carbocycles. The van der Waals surface area contributed by atoms with Gasteiger partial charge in [0.15, 0.2) is 15.8 Å². The maximum absolute atomic E-state index is 12.1. The van der Waals surface area contributed by atoms with E-state index < -0.39 is 14.6 Å². The molecule has 9 heteroatoms. The summed E-state index contributed by atoms with van der Waals surface area (Å²) in [7, 11) is -1.30. The van der Waals surface area contributed by atoms with Crippen molar-refractivity contribution in [2.24, 2.45) is 4.99 Å². The van der Waals surface area contributed by atoms with Crippen molar-refractivity contribution in [3.05, 3.63) is 16.1 Å². The Labute approximate surface area is 159 Å². The molecule has 1 aliphatic rings. The Morgan fingerprint density at radius 3 is 2.74 bits per heavy atom. The van der Waals surface area contributed by atoms with Crippen LogP contribution in [0.4, 0.5) is 0 Å². The van der Waals surface area contributed by atoms with Crippen LogP contribution in [0.5, 0.6) is 0 Å². The molecule has 1 aromatic rings. The summed E-state index contributed by atoms with van der Waals surface area (Å²) < 4.78 is 23.4. The Morgan fingerprint density at radius 1 is 1.52 bits per heavy atom. The maximum Gasteiger partial charge on any atom is 0.193 e. The van der Waals surface area contributed by atoms with E-state index >= 15 is 0 Å². The zero-order chi connectivity index (χ0) is 16.4. The fourth-order valence-electron chi connectivity index (χ4n) is 2.46. The van der Waals surface area contributed by atoms with Gasteiger partial charge in [0.25, 0.3) is 0 Å². The summed E-state index contributed by atoms with van der Waals surface area (Å²) in [4.78, 5) is 11.9. The van der Waals surface area contributed by atoms with Crippen molar-refractivity contribution in [2.75, 3.05) is 32.4 Å². The molecule has 0 aromatic carbocycles. The zero-order valence-electron chi connectivity index (χ0n) is 14.0. The van der Waals surface area contributed by atoms with Gasteiger partial charge >= 0.3 is 0 Å². The average Bonchev–Trinajstić information content (AvgIpc) is 2.84. The standard InChI is InChI=1S/C14H24N4O2S2.HI/c1-11-9-17-12(21-11)5-6-16-13(15-4)18-7-8-22(19,20)14(2,3)10-18;/h9H,5-8,10H2,1-4H3,(H,15,16);1H. The second-order valence-corrected chi connectivity index (χ2v) is 10.2. The van der Waals surface area contributed by atoms with E-state index in [2.05, 4.69) is 15.3 Å². The van der Waals surface area contributed by atoms with E-state index in [1.54, 1.807) is 32.2 Å². The first kappa shape index (κ1) is 20.6. The second kappa shape index (κ2) is 8.11. The predicted molar refractivity (Wildman–Crippen MR) is 107 cm³/mol. The van der Waals surface area contributed by atoms with Gasteiger partial charge < -0.3 is 10.2 Å². The minimum absolute atomic E-state index is 0. The minimum Gasteiger partial charge on any atom is -0.356 e. The third-order valence-electron chi connectivity index (χ3n) is 3.85. The first-order valence-electron chi connectivity index (χ1n) is 7.34. The Hall–Kier alpha value is -0.420. The van der Waals surface area contributed by atoms with Gasteiger partial charge in [-0.3, -0.25) is 4.99 Å². The van der Waals surface area contributed by atoms with Gasteiger partial charge in [0.1, 0.15) is 0 Å². The van der Waals surface area contributed by atoms with Gasteiger partial charge in [-0.15, -0.1) is 35.3 Å². The van der Waals surface area contributed by atoms with Crippen molar-refractivity contribution in [1.29, 1.82) is 0 Å². The molecule has 0 radical (unpaired) electrons. The number of nitrogens with one attached hydrogen (secondary N) is 1. The van der Waals surface area contributed by atoms with Gasteiger partial charge in [-0.05, 0) is 20.8 Å². The second-order valence-electron chi connectivity index (χ2n) is 6.09. The summed E-state index contributed by atoms with van der Waals surface area (Å²) in [6.45, 7) is 7.29. The smallest absolute Gasteiger partial charge is 0.193 e. The van der Waals surface area contributed by atoms with Crippen LogP contribution < -0.4 is 5.32 Å². The molecule has 132 valence electrons. The van der Waals surface area contributed by atoms with Crippen molar-refractivity contribution in [2.45, 2.75) is 31.9 Å². The number of nitrogens with zero attached hydrogens (tertiary/aromatic N) is 3. The molecular formula is C14H25IN4O2S2. The molecule has 2 rings (SSSR count). The fourth-order valence-corrected chi connectivity index (χ4v) is 4.61. The fraction of sp³-hybridized carbons (Fsp3) is 0.714. The lowest BCUT2D eigenvalue weighted by Crippen LogP contribution is -2.57. The summed E-state index contributed by atoms with van der Waals surface area (Å²) in [5, 5.41) is 4.41. The summed E-state index contributed by atoms with van der Waals surface area (Å²) in [5.74, 6) is 0.933.